The second-order valence-corrected chi connectivity index (χ2v) is 8.40. The first-order valence-corrected chi connectivity index (χ1v) is 9.95. The zero-order chi connectivity index (χ0) is 19.0. The van der Waals surface area contributed by atoms with Crippen LogP contribution in [0.5, 0.6) is 0 Å². The molecule has 1 aromatic heterocycles. The van der Waals surface area contributed by atoms with Crippen LogP contribution in [-0.4, -0.2) is 62.2 Å². The summed E-state index contributed by atoms with van der Waals surface area (Å²) in [4.78, 5) is 2.33. The van der Waals surface area contributed by atoms with Crippen LogP contribution in [0, 0.1) is 11.3 Å². The first-order valence-electron chi connectivity index (χ1n) is 9.95. The monoisotopic (exact) mass is 366 g/mol. The highest BCUT2D eigenvalue weighted by atomic mass is 16.5. The highest BCUT2D eigenvalue weighted by Crippen LogP contribution is 2.47. The van der Waals surface area contributed by atoms with Crippen molar-refractivity contribution in [3.8, 4) is 0 Å². The van der Waals surface area contributed by atoms with Crippen LogP contribution < -0.4 is 5.73 Å². The number of nitrogens with zero attached hydrogens (tertiary/aromatic N) is 2. The van der Waals surface area contributed by atoms with E-state index in [-0.39, 0.29) is 0 Å². The van der Waals surface area contributed by atoms with E-state index in [1.165, 1.54) is 24.1 Å². The smallest absolute Gasteiger partial charge is 0.0700 e. The van der Waals surface area contributed by atoms with Crippen LogP contribution in [-0.2, 0) is 16.0 Å². The van der Waals surface area contributed by atoms with E-state index in [1.54, 1.807) is 7.11 Å². The molecule has 2 atom stereocenters. The number of nitrogens with one attached hydrogen (secondary N) is 1. The van der Waals surface area contributed by atoms with Gasteiger partial charge in [0.25, 0.3) is 0 Å². The normalized spacial score (nSPS) is 22.8. The van der Waals surface area contributed by atoms with Crippen molar-refractivity contribution in [1.82, 2.24) is 15.1 Å². The van der Waals surface area contributed by atoms with Crippen LogP contribution >= 0.6 is 0 Å². The van der Waals surface area contributed by atoms with Gasteiger partial charge in [0.05, 0.1) is 25.5 Å². The number of rotatable bonds is 11. The van der Waals surface area contributed by atoms with E-state index in [0.717, 1.165) is 39.1 Å². The maximum atomic E-state index is 5.88. The van der Waals surface area contributed by atoms with Crippen molar-refractivity contribution in [2.45, 2.75) is 52.0 Å². The first-order chi connectivity index (χ1) is 12.5. The fraction of sp³-hybridized carbons (Fsp3) is 0.850. The van der Waals surface area contributed by atoms with Gasteiger partial charge in [-0.25, -0.2) is 0 Å². The summed E-state index contributed by atoms with van der Waals surface area (Å²) in [6, 6.07) is 0. The van der Waals surface area contributed by atoms with Gasteiger partial charge in [0.15, 0.2) is 0 Å². The third-order valence-corrected chi connectivity index (χ3v) is 5.89. The Hall–Kier alpha value is -0.950. The molecule has 0 bridgehead atoms. The minimum atomic E-state index is 0.317. The molecule has 0 aromatic carbocycles. The lowest BCUT2D eigenvalue weighted by molar-refractivity contribution is -0.000399. The molecule has 6 nitrogen and oxygen atoms in total. The van der Waals surface area contributed by atoms with Gasteiger partial charge >= 0.3 is 0 Å². The Morgan fingerprint density at radius 3 is 2.92 bits per heavy atom. The van der Waals surface area contributed by atoms with Gasteiger partial charge in [-0.3, -0.25) is 5.10 Å². The Balaban J connectivity index is 1.97. The van der Waals surface area contributed by atoms with Crippen molar-refractivity contribution in [2.24, 2.45) is 17.1 Å². The third kappa shape index (κ3) is 6.05. The fourth-order valence-electron chi connectivity index (χ4n) is 3.98. The Bertz CT molecular complexity index is 518. The number of hydrogen-bond donors (Lipinski definition) is 2. The van der Waals surface area contributed by atoms with Crippen LogP contribution in [0.2, 0.25) is 0 Å². The molecular formula is C20H38N4O2. The SMILES string of the molecule is COCCOC[C@@H]1CC(c2n[nH]cc2CN(C)CCCN)CCC1(C)C. The van der Waals surface area contributed by atoms with Crippen LogP contribution in [0.3, 0.4) is 0 Å². The maximum Gasteiger partial charge on any atom is 0.0700 e. The number of nitrogens with two attached hydrogens (primary N) is 1. The van der Waals surface area contributed by atoms with Crippen molar-refractivity contribution in [2.75, 3.05) is 47.1 Å². The summed E-state index contributed by atoms with van der Waals surface area (Å²) in [6.07, 6.45) is 6.65. The second kappa shape index (κ2) is 10.4. The number of hydrogen-bond acceptors (Lipinski definition) is 5. The van der Waals surface area contributed by atoms with Gasteiger partial charge in [-0.15, -0.1) is 0 Å². The zero-order valence-electron chi connectivity index (χ0n) is 17.1. The van der Waals surface area contributed by atoms with Gasteiger partial charge in [0, 0.05) is 31.3 Å². The predicted octanol–water partition coefficient (Wildman–Crippen LogP) is 2.76. The number of H-pyrrole nitrogens is 1. The van der Waals surface area contributed by atoms with E-state index < -0.39 is 0 Å². The summed E-state index contributed by atoms with van der Waals surface area (Å²) >= 11 is 0. The summed E-state index contributed by atoms with van der Waals surface area (Å²) in [5.74, 6) is 1.07. The van der Waals surface area contributed by atoms with E-state index in [1.807, 2.05) is 0 Å². The number of aromatic nitrogens is 2. The van der Waals surface area contributed by atoms with Crippen molar-refractivity contribution in [3.05, 3.63) is 17.5 Å². The Labute approximate surface area is 158 Å². The summed E-state index contributed by atoms with van der Waals surface area (Å²) in [5.41, 5.74) is 8.53. The van der Waals surface area contributed by atoms with Gasteiger partial charge in [0.1, 0.15) is 0 Å². The van der Waals surface area contributed by atoms with E-state index in [4.69, 9.17) is 15.2 Å². The van der Waals surface area contributed by atoms with Crippen molar-refractivity contribution in [3.63, 3.8) is 0 Å². The molecule has 0 amide bonds. The molecule has 6 heteroatoms. The Morgan fingerprint density at radius 1 is 1.38 bits per heavy atom. The number of methoxy groups -OCH3 is 1. The van der Waals surface area contributed by atoms with Crippen molar-refractivity contribution in [1.29, 1.82) is 0 Å². The summed E-state index contributed by atoms with van der Waals surface area (Å²) in [5, 5.41) is 7.73. The van der Waals surface area contributed by atoms with Gasteiger partial charge < -0.3 is 20.1 Å². The third-order valence-electron chi connectivity index (χ3n) is 5.89. The molecule has 2 rings (SSSR count). The molecule has 0 spiro atoms. The van der Waals surface area contributed by atoms with Gasteiger partial charge in [-0.1, -0.05) is 13.8 Å². The molecule has 1 heterocycles. The quantitative estimate of drug-likeness (QED) is 0.589. The Morgan fingerprint density at radius 2 is 2.19 bits per heavy atom. The van der Waals surface area contributed by atoms with Gasteiger partial charge in [-0.05, 0) is 57.2 Å². The molecule has 150 valence electrons. The highest BCUT2D eigenvalue weighted by Gasteiger charge is 2.38. The maximum absolute atomic E-state index is 5.88. The molecule has 0 radical (unpaired) electrons. The molecule has 0 aliphatic heterocycles. The van der Waals surface area contributed by atoms with Crippen molar-refractivity contribution >= 4 is 0 Å². The molecule has 1 aliphatic rings. The summed E-state index contributed by atoms with van der Waals surface area (Å²) in [7, 11) is 3.87. The van der Waals surface area contributed by atoms with E-state index in [0.29, 0.717) is 30.5 Å². The van der Waals surface area contributed by atoms with Crippen LogP contribution in [0.1, 0.15) is 56.7 Å². The minimum Gasteiger partial charge on any atom is -0.382 e. The largest absolute Gasteiger partial charge is 0.382 e. The van der Waals surface area contributed by atoms with Gasteiger partial charge in [-0.2, -0.15) is 5.10 Å². The molecule has 1 fully saturated rings. The number of ether oxygens (including phenoxy) is 2. The molecular weight excluding hydrogens is 328 g/mol. The molecule has 1 aliphatic carbocycles. The van der Waals surface area contributed by atoms with Crippen LogP contribution in [0.25, 0.3) is 0 Å². The van der Waals surface area contributed by atoms with E-state index >= 15 is 0 Å². The molecule has 3 N–H and O–H groups in total. The zero-order valence-corrected chi connectivity index (χ0v) is 17.1. The topological polar surface area (TPSA) is 76.4 Å². The van der Waals surface area contributed by atoms with Crippen LogP contribution in [0.4, 0.5) is 0 Å². The molecule has 26 heavy (non-hydrogen) atoms. The average molecular weight is 367 g/mol. The van der Waals surface area contributed by atoms with E-state index in [9.17, 15) is 0 Å². The Kier molecular flexibility index (Phi) is 8.54. The van der Waals surface area contributed by atoms with Crippen molar-refractivity contribution < 1.29 is 9.47 Å². The predicted molar refractivity (Wildman–Crippen MR) is 105 cm³/mol. The molecule has 1 saturated carbocycles. The fourth-order valence-corrected chi connectivity index (χ4v) is 3.98. The average Bonchev–Trinajstić information content (AvgIpc) is 3.06. The lowest BCUT2D eigenvalue weighted by atomic mass is 9.65. The lowest BCUT2D eigenvalue weighted by Gasteiger charge is -2.42. The summed E-state index contributed by atoms with van der Waals surface area (Å²) < 4.78 is 11.0. The minimum absolute atomic E-state index is 0.317. The number of aromatic amines is 1. The lowest BCUT2D eigenvalue weighted by Crippen LogP contribution is -2.35. The molecule has 1 unspecified atom stereocenters. The van der Waals surface area contributed by atoms with E-state index in [2.05, 4.69) is 42.2 Å². The van der Waals surface area contributed by atoms with Crippen LogP contribution in [0.15, 0.2) is 6.20 Å². The standard InChI is InChI=1S/C20H38N4O2/c1-20(2)7-6-16(12-18(20)15-26-11-10-25-4)19-17(13-22-23-19)14-24(3)9-5-8-21/h13,16,18H,5-12,14-15,21H2,1-4H3,(H,22,23)/t16?,18-/m0/s1. The second-order valence-electron chi connectivity index (χ2n) is 8.40. The first kappa shape index (κ1) is 21.4. The molecule has 1 aromatic rings. The highest BCUT2D eigenvalue weighted by molar-refractivity contribution is 5.21. The van der Waals surface area contributed by atoms with Gasteiger partial charge in [0.2, 0.25) is 0 Å². The summed E-state index contributed by atoms with van der Waals surface area (Å²) in [6.45, 7) is 9.59. The molecule has 0 saturated heterocycles.